The summed E-state index contributed by atoms with van der Waals surface area (Å²) in [4.78, 5) is 78.4. The first-order chi connectivity index (χ1) is 29.5. The molecular formula is C48H54N2O10S. The van der Waals surface area contributed by atoms with Crippen molar-refractivity contribution in [3.8, 4) is 11.5 Å². The summed E-state index contributed by atoms with van der Waals surface area (Å²) in [5.41, 5.74) is -1.27. The lowest BCUT2D eigenvalue weighted by Crippen LogP contribution is -2.32. The number of likely N-dealkylation sites (tertiary alicyclic amines) is 1. The van der Waals surface area contributed by atoms with Gasteiger partial charge in [-0.05, 0) is 68.1 Å². The number of carbonyl (C=O) groups is 4. The number of aromatic hydroxyl groups is 2. The number of unbranched alkanes of at least 4 members (excludes halogenated alkanes) is 9. The van der Waals surface area contributed by atoms with Gasteiger partial charge in [0.25, 0.3) is 5.91 Å². The number of thioether (sulfide) groups is 1. The third-order valence-corrected chi connectivity index (χ3v) is 13.0. The molecule has 0 spiro atoms. The van der Waals surface area contributed by atoms with Gasteiger partial charge in [-0.2, -0.15) is 0 Å². The Morgan fingerprint density at radius 3 is 1.77 bits per heavy atom. The fraction of sp³-hybridized carbons (Fsp3) is 0.417. The molecule has 61 heavy (non-hydrogen) atoms. The first-order valence-electron chi connectivity index (χ1n) is 21.3. The maximum atomic E-state index is 13.5. The second-order valence-corrected chi connectivity index (χ2v) is 17.0. The minimum absolute atomic E-state index is 0.0699. The van der Waals surface area contributed by atoms with Gasteiger partial charge in [-0.1, -0.05) is 94.7 Å². The van der Waals surface area contributed by atoms with E-state index in [0.717, 1.165) is 70.6 Å². The minimum Gasteiger partial charge on any atom is -0.507 e. The predicted octanol–water partition coefficient (Wildman–Crippen LogP) is 8.60. The molecule has 0 radical (unpaired) electrons. The Morgan fingerprint density at radius 1 is 0.738 bits per heavy atom. The largest absolute Gasteiger partial charge is 0.507 e. The third-order valence-electron chi connectivity index (χ3n) is 11.6. The van der Waals surface area contributed by atoms with Crippen molar-refractivity contribution in [1.29, 1.82) is 0 Å². The number of benzene rings is 3. The van der Waals surface area contributed by atoms with Gasteiger partial charge < -0.3 is 24.4 Å². The molecule has 0 saturated carbocycles. The Bertz CT molecular complexity index is 2380. The average Bonchev–Trinajstić information content (AvgIpc) is 3.52. The summed E-state index contributed by atoms with van der Waals surface area (Å²) in [6.07, 6.45) is 11.1. The topological polar surface area (TPSA) is 184 Å². The van der Waals surface area contributed by atoms with Crippen molar-refractivity contribution in [3.63, 3.8) is 0 Å². The number of para-hydroxylation sites is 2. The molecule has 6 rings (SSSR count). The monoisotopic (exact) mass is 850 g/mol. The lowest BCUT2D eigenvalue weighted by Gasteiger charge is -2.20. The molecule has 1 saturated heterocycles. The van der Waals surface area contributed by atoms with Gasteiger partial charge in [0.05, 0.1) is 33.1 Å². The number of amides is 3. The van der Waals surface area contributed by atoms with Crippen LogP contribution >= 0.6 is 11.8 Å². The Balaban J connectivity index is 0.932. The molecule has 3 aromatic carbocycles. The van der Waals surface area contributed by atoms with E-state index in [1.165, 1.54) is 16.7 Å². The maximum absolute atomic E-state index is 13.5. The van der Waals surface area contributed by atoms with Crippen molar-refractivity contribution in [1.82, 2.24) is 10.2 Å². The Kier molecular flexibility index (Phi) is 15.6. The van der Waals surface area contributed by atoms with Crippen LogP contribution in [0.3, 0.4) is 0 Å². The molecule has 12 nitrogen and oxygen atoms in total. The van der Waals surface area contributed by atoms with Gasteiger partial charge in [-0.25, -0.2) is 9.59 Å². The van der Waals surface area contributed by atoms with E-state index in [4.69, 9.17) is 8.83 Å². The summed E-state index contributed by atoms with van der Waals surface area (Å²) in [6.45, 7) is 4.51. The highest BCUT2D eigenvalue weighted by atomic mass is 32.2. The maximum Gasteiger partial charge on any atom is 0.344 e. The van der Waals surface area contributed by atoms with E-state index in [-0.39, 0.29) is 74.2 Å². The molecular weight excluding hydrogens is 797 g/mol. The van der Waals surface area contributed by atoms with E-state index in [9.17, 15) is 39.0 Å². The summed E-state index contributed by atoms with van der Waals surface area (Å²) in [5, 5.41) is 25.9. The molecule has 3 amide bonds. The van der Waals surface area contributed by atoms with Crippen LogP contribution in [0.25, 0.3) is 21.9 Å². The normalized spacial score (nSPS) is 14.7. The van der Waals surface area contributed by atoms with Crippen LogP contribution in [0.15, 0.2) is 91.2 Å². The molecule has 322 valence electrons. The van der Waals surface area contributed by atoms with Gasteiger partial charge in [-0.3, -0.25) is 24.1 Å². The van der Waals surface area contributed by atoms with Crippen LogP contribution in [0, 0.1) is 5.92 Å². The van der Waals surface area contributed by atoms with Crippen molar-refractivity contribution in [2.45, 2.75) is 102 Å². The summed E-state index contributed by atoms with van der Waals surface area (Å²) < 4.78 is 11.1. The zero-order valence-electron chi connectivity index (χ0n) is 34.8. The van der Waals surface area contributed by atoms with Crippen LogP contribution in [-0.2, 0) is 14.4 Å². The van der Waals surface area contributed by atoms with Gasteiger partial charge in [0.2, 0.25) is 11.8 Å². The lowest BCUT2D eigenvalue weighted by molar-refractivity contribution is -0.138. The SMILES string of the molecule is CCC(CSC1CC(=O)N(CCCCCCCCCCCCNC(=O)c2ccc(C(c3c(O)c4ccccc4oc3=O)c3c(O)c4ccccc4oc3=O)cc2)C1=O)C(C)=O. The van der Waals surface area contributed by atoms with E-state index < -0.39 is 28.7 Å². The van der Waals surface area contributed by atoms with Crippen molar-refractivity contribution >= 4 is 57.2 Å². The molecule has 3 heterocycles. The highest BCUT2D eigenvalue weighted by Crippen LogP contribution is 2.42. The molecule has 2 aromatic heterocycles. The molecule has 0 aliphatic carbocycles. The van der Waals surface area contributed by atoms with Gasteiger partial charge >= 0.3 is 11.3 Å². The number of ketones is 1. The quantitative estimate of drug-likeness (QED) is 0.0344. The molecule has 2 unspecified atom stereocenters. The molecule has 3 N–H and O–H groups in total. The highest BCUT2D eigenvalue weighted by Gasteiger charge is 2.39. The number of carbonyl (C=O) groups excluding carboxylic acids is 4. The summed E-state index contributed by atoms with van der Waals surface area (Å²) in [6, 6.07) is 19.2. The van der Waals surface area contributed by atoms with Gasteiger partial charge in [0, 0.05) is 36.7 Å². The number of hydrogen-bond donors (Lipinski definition) is 3. The summed E-state index contributed by atoms with van der Waals surface area (Å²) in [5.74, 6) is -1.95. The third kappa shape index (κ3) is 10.8. The summed E-state index contributed by atoms with van der Waals surface area (Å²) >= 11 is 1.44. The minimum atomic E-state index is -1.30. The fourth-order valence-corrected chi connectivity index (χ4v) is 9.46. The van der Waals surface area contributed by atoms with E-state index in [2.05, 4.69) is 5.32 Å². The van der Waals surface area contributed by atoms with Crippen molar-refractivity contribution in [2.24, 2.45) is 5.92 Å². The van der Waals surface area contributed by atoms with Crippen LogP contribution in [0.2, 0.25) is 0 Å². The molecule has 0 bridgehead atoms. The zero-order chi connectivity index (χ0) is 43.5. The smallest absolute Gasteiger partial charge is 0.344 e. The first-order valence-corrected chi connectivity index (χ1v) is 22.4. The second kappa shape index (κ2) is 21.2. The summed E-state index contributed by atoms with van der Waals surface area (Å²) in [7, 11) is 0. The first kappa shape index (κ1) is 44.9. The number of nitrogens with one attached hydrogen (secondary N) is 1. The number of nitrogens with zero attached hydrogens (tertiary/aromatic N) is 1. The van der Waals surface area contributed by atoms with Crippen LogP contribution in [-0.4, -0.2) is 62.7 Å². The average molecular weight is 851 g/mol. The molecule has 5 aromatic rings. The van der Waals surface area contributed by atoms with Crippen LogP contribution < -0.4 is 16.6 Å². The number of hydrogen-bond acceptors (Lipinski definition) is 11. The van der Waals surface area contributed by atoms with Crippen molar-refractivity contribution in [2.75, 3.05) is 18.8 Å². The van der Waals surface area contributed by atoms with Crippen LogP contribution in [0.1, 0.15) is 124 Å². The number of imide groups is 1. The van der Waals surface area contributed by atoms with Crippen LogP contribution in [0.5, 0.6) is 11.5 Å². The molecule has 13 heteroatoms. The number of Topliss-reactive ketones (excluding diaryl/α,β-unsaturated/α-hetero) is 1. The van der Waals surface area contributed by atoms with E-state index in [0.29, 0.717) is 30.0 Å². The van der Waals surface area contributed by atoms with E-state index in [1.807, 2.05) is 6.92 Å². The zero-order valence-corrected chi connectivity index (χ0v) is 35.6. The molecule has 1 aliphatic heterocycles. The fourth-order valence-electron chi connectivity index (χ4n) is 8.00. The van der Waals surface area contributed by atoms with Gasteiger partial charge in [0.15, 0.2) is 0 Å². The van der Waals surface area contributed by atoms with E-state index >= 15 is 0 Å². The molecule has 2 atom stereocenters. The van der Waals surface area contributed by atoms with Gasteiger partial charge in [-0.15, -0.1) is 11.8 Å². The Morgan fingerprint density at radius 2 is 1.25 bits per heavy atom. The highest BCUT2D eigenvalue weighted by molar-refractivity contribution is 8.00. The Hall–Kier alpha value is -5.69. The van der Waals surface area contributed by atoms with Crippen LogP contribution in [0.4, 0.5) is 0 Å². The second-order valence-electron chi connectivity index (χ2n) is 15.8. The molecule has 1 fully saturated rings. The van der Waals surface area contributed by atoms with Crippen molar-refractivity contribution < 1.29 is 38.2 Å². The standard InChI is InChI=1S/C48H54N2O10S/c1-3-31(30(2)51)29-61-38-28-39(52)50(46(38)56)27-17-11-9-7-5-4-6-8-10-16-26-49-45(55)33-24-22-32(23-25-33)40(41-43(53)34-18-12-14-20-36(34)59-47(41)57)42-44(54)35-19-13-15-21-37(35)60-48(42)58/h12-15,18-25,31,38,40,53-54H,3-11,16-17,26-29H2,1-2H3,(H,49,55). The van der Waals surface area contributed by atoms with E-state index in [1.54, 1.807) is 79.7 Å². The molecule has 1 aliphatic rings. The Labute approximate surface area is 358 Å². The predicted molar refractivity (Wildman–Crippen MR) is 236 cm³/mol. The number of rotatable bonds is 22. The van der Waals surface area contributed by atoms with Crippen molar-refractivity contribution in [3.05, 3.63) is 116 Å². The number of fused-ring (bicyclic) bond motifs is 2. The van der Waals surface area contributed by atoms with Gasteiger partial charge in [0.1, 0.15) is 28.4 Å². The lowest BCUT2D eigenvalue weighted by atomic mass is 9.84.